The third kappa shape index (κ3) is 3.90. The largest absolute Gasteiger partial charge is 0.381 e. The highest BCUT2D eigenvalue weighted by atomic mass is 16.5. The van der Waals surface area contributed by atoms with Crippen molar-refractivity contribution in [1.29, 1.82) is 0 Å². The first-order valence-corrected chi connectivity index (χ1v) is 9.25. The summed E-state index contributed by atoms with van der Waals surface area (Å²) in [4.78, 5) is 27.4. The zero-order valence-corrected chi connectivity index (χ0v) is 14.7. The van der Waals surface area contributed by atoms with Gasteiger partial charge in [-0.2, -0.15) is 4.98 Å². The summed E-state index contributed by atoms with van der Waals surface area (Å²) >= 11 is 0. The number of carbonyl (C=O) groups excluding carboxylic acids is 1. The lowest BCUT2D eigenvalue weighted by Crippen LogP contribution is -2.44. The van der Waals surface area contributed by atoms with Crippen molar-refractivity contribution in [2.45, 2.75) is 32.1 Å². The summed E-state index contributed by atoms with van der Waals surface area (Å²) in [5, 5.41) is 4.00. The van der Waals surface area contributed by atoms with Gasteiger partial charge in [0.1, 0.15) is 5.69 Å². The molecule has 4 rings (SSSR count). The van der Waals surface area contributed by atoms with Crippen LogP contribution in [0.25, 0.3) is 11.5 Å². The normalized spacial score (nSPS) is 21.7. The Hall–Kier alpha value is -2.35. The Labute approximate surface area is 152 Å². The Kier molecular flexibility index (Phi) is 5.19. The molecule has 0 aromatic carbocycles. The van der Waals surface area contributed by atoms with Gasteiger partial charge < -0.3 is 14.2 Å². The Morgan fingerprint density at radius 3 is 2.92 bits per heavy atom. The van der Waals surface area contributed by atoms with Crippen molar-refractivity contribution in [1.82, 2.24) is 25.0 Å². The number of hydrogen-bond acceptors (Lipinski definition) is 7. The number of carbonyl (C=O) groups is 1. The second-order valence-electron chi connectivity index (χ2n) is 6.99. The van der Waals surface area contributed by atoms with E-state index in [2.05, 4.69) is 20.1 Å². The molecule has 0 bridgehead atoms. The minimum Gasteiger partial charge on any atom is -0.381 e. The van der Waals surface area contributed by atoms with Crippen molar-refractivity contribution in [3.8, 4) is 11.5 Å². The summed E-state index contributed by atoms with van der Waals surface area (Å²) in [6.07, 6.45) is 9.28. The van der Waals surface area contributed by atoms with Crippen LogP contribution in [-0.4, -0.2) is 57.2 Å². The molecular formula is C18H23N5O3. The van der Waals surface area contributed by atoms with Gasteiger partial charge in [-0.25, -0.2) is 4.98 Å². The molecule has 8 heteroatoms. The van der Waals surface area contributed by atoms with E-state index >= 15 is 0 Å². The van der Waals surface area contributed by atoms with E-state index in [4.69, 9.17) is 9.26 Å². The first-order chi connectivity index (χ1) is 12.8. The Morgan fingerprint density at radius 1 is 1.23 bits per heavy atom. The highest BCUT2D eigenvalue weighted by Gasteiger charge is 2.30. The molecule has 2 saturated heterocycles. The lowest BCUT2D eigenvalue weighted by atomic mass is 9.92. The first-order valence-electron chi connectivity index (χ1n) is 9.25. The molecule has 2 aromatic rings. The number of ether oxygens (including phenoxy) is 1. The fraction of sp³-hybridized carbons (Fsp3) is 0.611. The highest BCUT2D eigenvalue weighted by Crippen LogP contribution is 2.25. The van der Waals surface area contributed by atoms with E-state index in [-0.39, 0.29) is 11.8 Å². The van der Waals surface area contributed by atoms with Gasteiger partial charge in [-0.05, 0) is 31.6 Å². The van der Waals surface area contributed by atoms with Crippen LogP contribution < -0.4 is 0 Å². The zero-order chi connectivity index (χ0) is 17.8. The van der Waals surface area contributed by atoms with E-state index in [0.29, 0.717) is 43.0 Å². The summed E-state index contributed by atoms with van der Waals surface area (Å²) in [6, 6.07) is 0. The number of hydrogen-bond donors (Lipinski definition) is 0. The molecule has 0 radical (unpaired) electrons. The fourth-order valence-corrected chi connectivity index (χ4v) is 3.74. The Balaban J connectivity index is 1.36. The molecular weight excluding hydrogens is 334 g/mol. The topological polar surface area (TPSA) is 94.2 Å². The van der Waals surface area contributed by atoms with Gasteiger partial charge >= 0.3 is 0 Å². The number of rotatable bonds is 4. The van der Waals surface area contributed by atoms with Crippen LogP contribution in [0.4, 0.5) is 0 Å². The summed E-state index contributed by atoms with van der Waals surface area (Å²) in [5.74, 6) is 1.80. The minimum atomic E-state index is 0.120. The third-order valence-corrected chi connectivity index (χ3v) is 5.12. The van der Waals surface area contributed by atoms with Gasteiger partial charge in [0, 0.05) is 51.0 Å². The average Bonchev–Trinajstić information content (AvgIpc) is 3.17. The summed E-state index contributed by atoms with van der Waals surface area (Å²) < 4.78 is 10.8. The third-order valence-electron chi connectivity index (χ3n) is 5.12. The van der Waals surface area contributed by atoms with Crippen molar-refractivity contribution in [3.63, 3.8) is 0 Å². The molecule has 1 amide bonds. The molecule has 4 heterocycles. The lowest BCUT2D eigenvalue weighted by molar-refractivity contribution is -0.140. The Morgan fingerprint density at radius 2 is 2.12 bits per heavy atom. The number of likely N-dealkylation sites (tertiary alicyclic amines) is 1. The highest BCUT2D eigenvalue weighted by molar-refractivity contribution is 5.79. The van der Waals surface area contributed by atoms with Gasteiger partial charge in [-0.15, -0.1) is 0 Å². The maximum absolute atomic E-state index is 12.7. The molecule has 0 aliphatic carbocycles. The van der Waals surface area contributed by atoms with Crippen molar-refractivity contribution >= 4 is 5.91 Å². The molecule has 1 atom stereocenters. The fourth-order valence-electron chi connectivity index (χ4n) is 3.74. The minimum absolute atomic E-state index is 0.120. The van der Waals surface area contributed by atoms with Gasteiger partial charge in [0.05, 0.1) is 6.20 Å². The number of aromatic nitrogens is 4. The van der Waals surface area contributed by atoms with Gasteiger partial charge in [-0.1, -0.05) is 5.16 Å². The van der Waals surface area contributed by atoms with Crippen molar-refractivity contribution in [2.24, 2.45) is 11.8 Å². The first kappa shape index (κ1) is 17.1. The lowest BCUT2D eigenvalue weighted by Gasteiger charge is -2.35. The van der Waals surface area contributed by atoms with Gasteiger partial charge in [-0.3, -0.25) is 9.78 Å². The molecule has 1 unspecified atom stereocenters. The van der Waals surface area contributed by atoms with Crippen molar-refractivity contribution in [3.05, 3.63) is 24.5 Å². The van der Waals surface area contributed by atoms with Crippen molar-refractivity contribution in [2.75, 3.05) is 26.3 Å². The maximum atomic E-state index is 12.7. The van der Waals surface area contributed by atoms with Gasteiger partial charge in [0.25, 0.3) is 0 Å². The van der Waals surface area contributed by atoms with Crippen LogP contribution in [0.1, 0.15) is 31.6 Å². The molecule has 2 aliphatic heterocycles. The smallest absolute Gasteiger partial charge is 0.227 e. The van der Waals surface area contributed by atoms with Crippen LogP contribution in [0.2, 0.25) is 0 Å². The number of amides is 1. The van der Waals surface area contributed by atoms with Crippen LogP contribution in [0.3, 0.4) is 0 Å². The SMILES string of the molecule is O=C(C1CCOCC1)N1CCCC(Cc2nc(-c3cnccn3)no2)C1. The van der Waals surface area contributed by atoms with Crippen LogP contribution in [0.5, 0.6) is 0 Å². The molecule has 0 N–H and O–H groups in total. The zero-order valence-electron chi connectivity index (χ0n) is 14.7. The van der Waals surface area contributed by atoms with E-state index in [0.717, 1.165) is 38.8 Å². The number of nitrogens with zero attached hydrogens (tertiary/aromatic N) is 5. The summed E-state index contributed by atoms with van der Waals surface area (Å²) in [7, 11) is 0. The molecule has 2 aliphatic rings. The van der Waals surface area contributed by atoms with Crippen LogP contribution in [0, 0.1) is 11.8 Å². The molecule has 2 aromatic heterocycles. The van der Waals surface area contributed by atoms with E-state index in [1.165, 1.54) is 0 Å². The molecule has 26 heavy (non-hydrogen) atoms. The van der Waals surface area contributed by atoms with Crippen LogP contribution in [-0.2, 0) is 16.0 Å². The van der Waals surface area contributed by atoms with E-state index < -0.39 is 0 Å². The predicted molar refractivity (Wildman–Crippen MR) is 91.9 cm³/mol. The second-order valence-corrected chi connectivity index (χ2v) is 6.99. The van der Waals surface area contributed by atoms with Crippen molar-refractivity contribution < 1.29 is 14.1 Å². The summed E-state index contributed by atoms with van der Waals surface area (Å²) in [6.45, 7) is 3.00. The second kappa shape index (κ2) is 7.90. The Bertz CT molecular complexity index is 729. The molecule has 138 valence electrons. The molecule has 2 fully saturated rings. The monoisotopic (exact) mass is 357 g/mol. The standard InChI is InChI=1S/C18H23N5O3/c24-18(14-3-8-25-9-4-14)23-7-1-2-13(12-23)10-16-21-17(22-26-16)15-11-19-5-6-20-15/h5-6,11,13-14H,1-4,7-10,12H2. The van der Waals surface area contributed by atoms with Crippen LogP contribution >= 0.6 is 0 Å². The van der Waals surface area contributed by atoms with Gasteiger partial charge in [0.2, 0.25) is 17.6 Å². The molecule has 0 spiro atoms. The quantitative estimate of drug-likeness (QED) is 0.822. The van der Waals surface area contributed by atoms with Crippen LogP contribution in [0.15, 0.2) is 23.1 Å². The van der Waals surface area contributed by atoms with E-state index in [9.17, 15) is 4.79 Å². The van der Waals surface area contributed by atoms with E-state index in [1.807, 2.05) is 4.90 Å². The maximum Gasteiger partial charge on any atom is 0.227 e. The molecule has 8 nitrogen and oxygen atoms in total. The average molecular weight is 357 g/mol. The molecule has 0 saturated carbocycles. The summed E-state index contributed by atoms with van der Waals surface area (Å²) in [5.41, 5.74) is 0.600. The number of piperidine rings is 1. The van der Waals surface area contributed by atoms with E-state index in [1.54, 1.807) is 18.6 Å². The predicted octanol–water partition coefficient (Wildman–Crippen LogP) is 1.73. The van der Waals surface area contributed by atoms with Gasteiger partial charge in [0.15, 0.2) is 0 Å².